The van der Waals surface area contributed by atoms with Gasteiger partial charge in [-0.2, -0.15) is 5.26 Å². The van der Waals surface area contributed by atoms with Gasteiger partial charge in [0.15, 0.2) is 0 Å². The number of ether oxygens (including phenoxy) is 1. The smallest absolute Gasteiger partial charge is 0.243 e. The van der Waals surface area contributed by atoms with Crippen molar-refractivity contribution in [2.24, 2.45) is 5.41 Å². The Labute approximate surface area is 173 Å². The van der Waals surface area contributed by atoms with E-state index in [-0.39, 0.29) is 17.9 Å². The summed E-state index contributed by atoms with van der Waals surface area (Å²) in [5, 5.41) is 9.72. The van der Waals surface area contributed by atoms with Crippen molar-refractivity contribution in [3.8, 4) is 6.07 Å². The number of rotatable bonds is 3. The molecular weight excluding hydrogens is 368 g/mol. The van der Waals surface area contributed by atoms with Crippen molar-refractivity contribution in [2.45, 2.75) is 69.9 Å². The van der Waals surface area contributed by atoms with Crippen LogP contribution >= 0.6 is 0 Å². The second kappa shape index (κ2) is 9.01. The maximum atomic E-state index is 13.2. The summed E-state index contributed by atoms with van der Waals surface area (Å²) in [6.07, 6.45) is 8.30. The van der Waals surface area contributed by atoms with E-state index in [9.17, 15) is 14.9 Å². The van der Waals surface area contributed by atoms with Crippen LogP contribution in [0.15, 0.2) is 0 Å². The molecule has 0 spiro atoms. The highest BCUT2D eigenvalue weighted by Gasteiger charge is 2.44. The highest BCUT2D eigenvalue weighted by atomic mass is 16.5. The zero-order valence-electron chi connectivity index (χ0n) is 17.5. The van der Waals surface area contributed by atoms with Crippen molar-refractivity contribution in [3.05, 3.63) is 0 Å². The van der Waals surface area contributed by atoms with Crippen molar-refractivity contribution in [3.63, 3.8) is 0 Å². The van der Waals surface area contributed by atoms with Gasteiger partial charge in [-0.25, -0.2) is 0 Å². The van der Waals surface area contributed by atoms with Gasteiger partial charge in [-0.15, -0.1) is 0 Å². The maximum Gasteiger partial charge on any atom is 0.243 e. The summed E-state index contributed by atoms with van der Waals surface area (Å²) >= 11 is 0. The first-order chi connectivity index (χ1) is 14.1. The Hall–Kier alpha value is -1.65. The third-order valence-electron chi connectivity index (χ3n) is 7.45. The van der Waals surface area contributed by atoms with Crippen LogP contribution in [0.2, 0.25) is 0 Å². The van der Waals surface area contributed by atoms with Gasteiger partial charge < -0.3 is 14.5 Å². The maximum absolute atomic E-state index is 13.2. The van der Waals surface area contributed by atoms with Crippen LogP contribution in [-0.2, 0) is 14.3 Å². The lowest BCUT2D eigenvalue weighted by molar-refractivity contribution is -0.148. The molecule has 0 aromatic carbocycles. The standard InChI is InChI=1S/C22H34N4O3/c23-17-22(8-2-1-3-9-22)21(28)25-13-11-24(12-14-25)19-5-4-10-26(20(19)27)18-6-15-29-16-7-18/h18-19H,1-16H2. The molecule has 0 radical (unpaired) electrons. The van der Waals surface area contributed by atoms with Crippen LogP contribution in [0.3, 0.4) is 0 Å². The van der Waals surface area contributed by atoms with Gasteiger partial charge in [0.05, 0.1) is 12.1 Å². The van der Waals surface area contributed by atoms with Gasteiger partial charge in [0.25, 0.3) is 0 Å². The SMILES string of the molecule is N#CC1(C(=O)N2CCN(C3CCCN(C4CCOCC4)C3=O)CC2)CCCCC1. The molecule has 1 saturated carbocycles. The molecule has 3 heterocycles. The first kappa shape index (κ1) is 20.6. The molecule has 4 rings (SSSR count). The summed E-state index contributed by atoms with van der Waals surface area (Å²) in [7, 11) is 0. The molecule has 0 aromatic heterocycles. The first-order valence-corrected chi connectivity index (χ1v) is 11.5. The Bertz CT molecular complexity index is 641. The Balaban J connectivity index is 1.34. The van der Waals surface area contributed by atoms with Gasteiger partial charge in [-0.3, -0.25) is 14.5 Å². The summed E-state index contributed by atoms with van der Waals surface area (Å²) in [4.78, 5) is 32.6. The van der Waals surface area contributed by atoms with Crippen molar-refractivity contribution < 1.29 is 14.3 Å². The second-order valence-electron chi connectivity index (χ2n) is 9.12. The predicted molar refractivity (Wildman–Crippen MR) is 108 cm³/mol. The molecule has 4 fully saturated rings. The number of carbonyl (C=O) groups excluding carboxylic acids is 2. The fourth-order valence-electron chi connectivity index (χ4n) is 5.65. The topological polar surface area (TPSA) is 76.9 Å². The van der Waals surface area contributed by atoms with E-state index in [1.165, 1.54) is 0 Å². The molecule has 3 saturated heterocycles. The minimum absolute atomic E-state index is 0.0261. The minimum atomic E-state index is -0.805. The van der Waals surface area contributed by atoms with Crippen LogP contribution in [0.1, 0.15) is 57.8 Å². The van der Waals surface area contributed by atoms with E-state index in [2.05, 4.69) is 15.9 Å². The molecule has 0 N–H and O–H groups in total. The van der Waals surface area contributed by atoms with Crippen molar-refractivity contribution in [2.75, 3.05) is 45.9 Å². The van der Waals surface area contributed by atoms with Gasteiger partial charge in [0.1, 0.15) is 5.41 Å². The average molecular weight is 403 g/mol. The van der Waals surface area contributed by atoms with Gasteiger partial charge in [-0.05, 0) is 38.5 Å². The van der Waals surface area contributed by atoms with E-state index in [1.54, 1.807) is 0 Å². The van der Waals surface area contributed by atoms with Gasteiger partial charge in [0.2, 0.25) is 11.8 Å². The lowest BCUT2D eigenvalue weighted by atomic mass is 9.74. The number of carbonyl (C=O) groups is 2. The number of likely N-dealkylation sites (tertiary alicyclic amines) is 1. The van der Waals surface area contributed by atoms with Gasteiger partial charge in [-0.1, -0.05) is 19.3 Å². The molecule has 3 aliphatic heterocycles. The first-order valence-electron chi connectivity index (χ1n) is 11.5. The quantitative estimate of drug-likeness (QED) is 0.719. The van der Waals surface area contributed by atoms with Gasteiger partial charge >= 0.3 is 0 Å². The summed E-state index contributed by atoms with van der Waals surface area (Å²) in [6, 6.07) is 2.63. The molecule has 0 bridgehead atoms. The summed E-state index contributed by atoms with van der Waals surface area (Å²) in [6.45, 7) is 5.08. The lowest BCUT2D eigenvalue weighted by Gasteiger charge is -2.46. The Kier molecular flexibility index (Phi) is 6.41. The normalized spacial score (nSPS) is 29.5. The molecular formula is C22H34N4O3. The van der Waals surface area contributed by atoms with E-state index in [0.717, 1.165) is 77.8 Å². The summed E-state index contributed by atoms with van der Waals surface area (Å²) in [5.74, 6) is 0.293. The van der Waals surface area contributed by atoms with Crippen LogP contribution in [0.25, 0.3) is 0 Å². The summed E-state index contributed by atoms with van der Waals surface area (Å²) < 4.78 is 5.46. The van der Waals surface area contributed by atoms with E-state index in [4.69, 9.17) is 4.74 Å². The Morgan fingerprint density at radius 3 is 2.31 bits per heavy atom. The van der Waals surface area contributed by atoms with Crippen LogP contribution < -0.4 is 0 Å². The van der Waals surface area contributed by atoms with E-state index < -0.39 is 5.41 Å². The fraction of sp³-hybridized carbons (Fsp3) is 0.864. The monoisotopic (exact) mass is 402 g/mol. The third kappa shape index (κ3) is 4.15. The molecule has 2 amide bonds. The molecule has 0 aromatic rings. The van der Waals surface area contributed by atoms with E-state index in [1.807, 2.05) is 4.90 Å². The summed E-state index contributed by atoms with van der Waals surface area (Å²) in [5.41, 5.74) is -0.805. The molecule has 7 heteroatoms. The largest absolute Gasteiger partial charge is 0.381 e. The molecule has 160 valence electrons. The number of nitriles is 1. The zero-order valence-corrected chi connectivity index (χ0v) is 17.5. The number of amides is 2. The van der Waals surface area contributed by atoms with Crippen molar-refractivity contribution >= 4 is 11.8 Å². The zero-order chi connectivity index (χ0) is 20.3. The highest BCUT2D eigenvalue weighted by molar-refractivity contribution is 5.86. The molecule has 7 nitrogen and oxygen atoms in total. The van der Waals surface area contributed by atoms with Crippen LogP contribution in [-0.4, -0.2) is 84.5 Å². The Morgan fingerprint density at radius 2 is 1.66 bits per heavy atom. The van der Waals surface area contributed by atoms with Crippen LogP contribution in [0, 0.1) is 16.7 Å². The van der Waals surface area contributed by atoms with Gasteiger partial charge in [0, 0.05) is 52.0 Å². The predicted octanol–water partition coefficient (Wildman–Crippen LogP) is 1.77. The fourth-order valence-corrected chi connectivity index (χ4v) is 5.65. The number of piperazine rings is 1. The third-order valence-corrected chi connectivity index (χ3v) is 7.45. The van der Waals surface area contributed by atoms with Crippen LogP contribution in [0.5, 0.6) is 0 Å². The second-order valence-corrected chi connectivity index (χ2v) is 9.12. The Morgan fingerprint density at radius 1 is 0.966 bits per heavy atom. The molecule has 1 aliphatic carbocycles. The van der Waals surface area contributed by atoms with Crippen molar-refractivity contribution in [1.29, 1.82) is 5.26 Å². The molecule has 4 aliphatic rings. The molecule has 29 heavy (non-hydrogen) atoms. The lowest BCUT2D eigenvalue weighted by Crippen LogP contribution is -2.61. The van der Waals surface area contributed by atoms with E-state index >= 15 is 0 Å². The number of piperidine rings is 1. The average Bonchev–Trinajstić information content (AvgIpc) is 2.80. The van der Waals surface area contributed by atoms with Crippen LogP contribution in [0.4, 0.5) is 0 Å². The molecule has 1 atom stereocenters. The number of hydrogen-bond donors (Lipinski definition) is 0. The number of hydrogen-bond acceptors (Lipinski definition) is 5. The number of nitrogens with zero attached hydrogens (tertiary/aromatic N) is 4. The minimum Gasteiger partial charge on any atom is -0.381 e. The highest BCUT2D eigenvalue weighted by Crippen LogP contribution is 2.37. The van der Waals surface area contributed by atoms with Crippen molar-refractivity contribution in [1.82, 2.24) is 14.7 Å². The van der Waals surface area contributed by atoms with E-state index in [0.29, 0.717) is 32.0 Å². The molecule has 1 unspecified atom stereocenters.